The van der Waals surface area contributed by atoms with Crippen LogP contribution >= 0.6 is 27.3 Å². The number of carbonyl (C=O) groups excluding carboxylic acids is 1. The molecule has 104 valence electrons. The topological polar surface area (TPSA) is 75.6 Å². The van der Waals surface area contributed by atoms with E-state index in [1.165, 1.54) is 11.3 Å². The minimum Gasteiger partial charge on any atom is -0.481 e. The molecule has 1 aliphatic rings. The molecular weight excluding hydrogens is 334 g/mol. The molecule has 1 aliphatic heterocycles. The molecule has 1 aromatic heterocycles. The lowest BCUT2D eigenvalue weighted by Gasteiger charge is -2.33. The largest absolute Gasteiger partial charge is 0.481 e. The predicted molar refractivity (Wildman–Crippen MR) is 74.5 cm³/mol. The van der Waals surface area contributed by atoms with Crippen molar-refractivity contribution in [1.82, 2.24) is 5.32 Å². The van der Waals surface area contributed by atoms with Gasteiger partial charge in [0.25, 0.3) is 5.91 Å². The van der Waals surface area contributed by atoms with Crippen LogP contribution < -0.4 is 5.32 Å². The highest BCUT2D eigenvalue weighted by Gasteiger charge is 2.40. The van der Waals surface area contributed by atoms with Gasteiger partial charge in [-0.05, 0) is 40.2 Å². The molecular formula is C12H14BrNO4S. The molecule has 1 saturated heterocycles. The summed E-state index contributed by atoms with van der Waals surface area (Å²) in [7, 11) is 0. The van der Waals surface area contributed by atoms with Gasteiger partial charge in [0.1, 0.15) is 4.88 Å². The molecule has 7 heteroatoms. The zero-order valence-corrected chi connectivity index (χ0v) is 12.6. The van der Waals surface area contributed by atoms with Crippen LogP contribution in [0.15, 0.2) is 15.9 Å². The van der Waals surface area contributed by atoms with Crippen molar-refractivity contribution in [1.29, 1.82) is 0 Å². The summed E-state index contributed by atoms with van der Waals surface area (Å²) < 4.78 is 5.92. The average Bonchev–Trinajstić information content (AvgIpc) is 2.83. The maximum absolute atomic E-state index is 12.0. The summed E-state index contributed by atoms with van der Waals surface area (Å²) in [6.45, 7) is 0.977. The van der Waals surface area contributed by atoms with Crippen LogP contribution in [-0.2, 0) is 9.53 Å². The molecule has 1 amide bonds. The molecule has 1 aromatic rings. The van der Waals surface area contributed by atoms with E-state index < -0.39 is 11.4 Å². The number of thiophene rings is 1. The Morgan fingerprint density at radius 1 is 1.47 bits per heavy atom. The van der Waals surface area contributed by atoms with E-state index in [9.17, 15) is 14.7 Å². The summed E-state index contributed by atoms with van der Waals surface area (Å²) >= 11 is 4.61. The number of hydrogen-bond donors (Lipinski definition) is 2. The summed E-state index contributed by atoms with van der Waals surface area (Å²) in [4.78, 5) is 24.0. The monoisotopic (exact) mass is 347 g/mol. The summed E-state index contributed by atoms with van der Waals surface area (Å²) in [5.74, 6) is -1.12. The molecule has 2 N–H and O–H groups in total. The van der Waals surface area contributed by atoms with E-state index in [0.717, 1.165) is 4.47 Å². The van der Waals surface area contributed by atoms with Crippen molar-refractivity contribution >= 4 is 39.1 Å². The first-order valence-corrected chi connectivity index (χ1v) is 7.55. The molecule has 0 unspecified atom stereocenters. The van der Waals surface area contributed by atoms with Crippen molar-refractivity contribution in [2.24, 2.45) is 5.41 Å². The minimum atomic E-state index is -0.905. The van der Waals surface area contributed by atoms with Gasteiger partial charge in [-0.1, -0.05) is 0 Å². The van der Waals surface area contributed by atoms with Crippen molar-refractivity contribution in [2.75, 3.05) is 19.8 Å². The van der Waals surface area contributed by atoms with Crippen molar-refractivity contribution < 1.29 is 19.4 Å². The number of carboxylic acid groups (broad SMARTS) is 1. The molecule has 0 saturated carbocycles. The summed E-state index contributed by atoms with van der Waals surface area (Å²) in [5, 5.41) is 13.9. The van der Waals surface area contributed by atoms with Crippen LogP contribution in [0.1, 0.15) is 22.5 Å². The molecule has 0 aliphatic carbocycles. The van der Waals surface area contributed by atoms with Crippen LogP contribution in [-0.4, -0.2) is 36.7 Å². The summed E-state index contributed by atoms with van der Waals surface area (Å²) in [6, 6.07) is 1.79. The lowest BCUT2D eigenvalue weighted by atomic mass is 9.80. The van der Waals surface area contributed by atoms with Gasteiger partial charge in [-0.15, -0.1) is 11.3 Å². The molecule has 5 nitrogen and oxygen atoms in total. The van der Waals surface area contributed by atoms with Gasteiger partial charge >= 0.3 is 5.97 Å². The Bertz CT molecular complexity index is 482. The molecule has 0 spiro atoms. The first kappa shape index (κ1) is 14.5. The van der Waals surface area contributed by atoms with Gasteiger partial charge in [-0.3, -0.25) is 9.59 Å². The maximum atomic E-state index is 12.0. The van der Waals surface area contributed by atoms with E-state index >= 15 is 0 Å². The van der Waals surface area contributed by atoms with Gasteiger partial charge < -0.3 is 15.2 Å². The number of hydrogen-bond acceptors (Lipinski definition) is 4. The van der Waals surface area contributed by atoms with Gasteiger partial charge in [0.15, 0.2) is 0 Å². The van der Waals surface area contributed by atoms with Gasteiger partial charge in [-0.25, -0.2) is 0 Å². The Morgan fingerprint density at radius 2 is 2.16 bits per heavy atom. The number of nitrogens with one attached hydrogen (secondary N) is 1. The fourth-order valence-electron chi connectivity index (χ4n) is 2.01. The molecule has 19 heavy (non-hydrogen) atoms. The number of halogens is 1. The first-order chi connectivity index (χ1) is 9.05. The zero-order chi connectivity index (χ0) is 13.9. The third-order valence-electron chi connectivity index (χ3n) is 3.31. The minimum absolute atomic E-state index is 0.134. The van der Waals surface area contributed by atoms with Gasteiger partial charge in [0.05, 0.1) is 5.41 Å². The van der Waals surface area contributed by atoms with Crippen LogP contribution in [0.25, 0.3) is 0 Å². The highest BCUT2D eigenvalue weighted by Crippen LogP contribution is 2.30. The SMILES string of the molecule is O=C(NCC1(C(=O)O)CCOCC1)c1sccc1Br. The number of rotatable bonds is 4. The molecule has 0 aromatic carbocycles. The number of carboxylic acids is 1. The molecule has 2 rings (SSSR count). The van der Waals surface area contributed by atoms with Gasteiger partial charge in [0.2, 0.25) is 0 Å². The van der Waals surface area contributed by atoms with E-state index in [0.29, 0.717) is 30.9 Å². The average molecular weight is 348 g/mol. The normalized spacial score (nSPS) is 17.9. The van der Waals surface area contributed by atoms with Crippen LogP contribution in [0, 0.1) is 5.41 Å². The Labute approximate surface area is 123 Å². The van der Waals surface area contributed by atoms with E-state index in [-0.39, 0.29) is 12.5 Å². The highest BCUT2D eigenvalue weighted by atomic mass is 79.9. The fourth-order valence-corrected chi connectivity index (χ4v) is 3.48. The van der Waals surface area contributed by atoms with E-state index in [1.807, 2.05) is 0 Å². The highest BCUT2D eigenvalue weighted by molar-refractivity contribution is 9.10. The fraction of sp³-hybridized carbons (Fsp3) is 0.500. The van der Waals surface area contributed by atoms with Gasteiger partial charge in [-0.2, -0.15) is 0 Å². The third-order valence-corrected chi connectivity index (χ3v) is 5.15. The Hall–Kier alpha value is -0.920. The standard InChI is InChI=1S/C12H14BrNO4S/c13-8-1-6-19-9(8)10(15)14-7-12(11(16)17)2-4-18-5-3-12/h1,6H,2-5,7H2,(H,14,15)(H,16,17). The predicted octanol–water partition coefficient (Wildman–Crippen LogP) is 2.12. The number of carbonyl (C=O) groups is 2. The third kappa shape index (κ3) is 3.16. The van der Waals surface area contributed by atoms with Crippen LogP contribution in [0.3, 0.4) is 0 Å². The van der Waals surface area contributed by atoms with E-state index in [4.69, 9.17) is 4.74 Å². The van der Waals surface area contributed by atoms with Crippen LogP contribution in [0.2, 0.25) is 0 Å². The Balaban J connectivity index is 2.02. The van der Waals surface area contributed by atoms with E-state index in [1.54, 1.807) is 11.4 Å². The van der Waals surface area contributed by atoms with Crippen molar-refractivity contribution in [3.63, 3.8) is 0 Å². The molecule has 0 radical (unpaired) electrons. The maximum Gasteiger partial charge on any atom is 0.311 e. The first-order valence-electron chi connectivity index (χ1n) is 5.87. The lowest BCUT2D eigenvalue weighted by molar-refractivity contribution is -0.154. The number of ether oxygens (including phenoxy) is 1. The Kier molecular flexibility index (Phi) is 4.59. The second-order valence-corrected chi connectivity index (χ2v) is 6.25. The molecule has 2 heterocycles. The molecule has 1 fully saturated rings. The van der Waals surface area contributed by atoms with Crippen molar-refractivity contribution in [3.05, 3.63) is 20.8 Å². The molecule has 0 atom stereocenters. The second-order valence-electron chi connectivity index (χ2n) is 4.48. The van der Waals surface area contributed by atoms with Crippen molar-refractivity contribution in [3.8, 4) is 0 Å². The second kappa shape index (κ2) is 6.02. The molecule has 0 bridgehead atoms. The van der Waals surface area contributed by atoms with Crippen LogP contribution in [0.4, 0.5) is 0 Å². The van der Waals surface area contributed by atoms with Crippen molar-refractivity contribution in [2.45, 2.75) is 12.8 Å². The number of aliphatic carboxylic acids is 1. The quantitative estimate of drug-likeness (QED) is 0.874. The zero-order valence-electron chi connectivity index (χ0n) is 10.1. The lowest BCUT2D eigenvalue weighted by Crippen LogP contribution is -2.46. The van der Waals surface area contributed by atoms with E-state index in [2.05, 4.69) is 21.2 Å². The smallest absolute Gasteiger partial charge is 0.311 e. The van der Waals surface area contributed by atoms with Crippen LogP contribution in [0.5, 0.6) is 0 Å². The summed E-state index contributed by atoms with van der Waals surface area (Å²) in [5.41, 5.74) is -0.905. The Morgan fingerprint density at radius 3 is 2.68 bits per heavy atom. The number of amides is 1. The summed E-state index contributed by atoms with van der Waals surface area (Å²) in [6.07, 6.45) is 0.850. The van der Waals surface area contributed by atoms with Gasteiger partial charge in [0, 0.05) is 24.2 Å².